The summed E-state index contributed by atoms with van der Waals surface area (Å²) in [5.74, 6) is -0.251. The van der Waals surface area contributed by atoms with Crippen LogP contribution in [-0.2, 0) is 23.7 Å². The zero-order chi connectivity index (χ0) is 63.8. The van der Waals surface area contributed by atoms with Gasteiger partial charge in [0.2, 0.25) is 5.91 Å². The maximum atomic E-state index is 13.3. The molecule has 0 aromatic carbocycles. The molecule has 2 aliphatic heterocycles. The summed E-state index contributed by atoms with van der Waals surface area (Å²) in [5.41, 5.74) is 0. The van der Waals surface area contributed by atoms with Crippen LogP contribution in [0.1, 0.15) is 309 Å². The fraction of sp³-hybridized carbons (Fsp3) is 0.851. The second-order valence-corrected chi connectivity index (χ2v) is 25.7. The van der Waals surface area contributed by atoms with E-state index < -0.39 is 86.8 Å². The number of carbonyl (C=O) groups excluding carboxylic acids is 1. The quantitative estimate of drug-likeness (QED) is 0.0204. The lowest BCUT2D eigenvalue weighted by atomic mass is 9.97. The average Bonchev–Trinajstić information content (AvgIpc) is 1.93. The van der Waals surface area contributed by atoms with Crippen LogP contribution in [-0.4, -0.2) is 140 Å². The van der Waals surface area contributed by atoms with E-state index in [1.807, 2.05) is 6.08 Å². The molecule has 0 aromatic heterocycles. The number of hydrogen-bond acceptors (Lipinski definition) is 13. The fourth-order valence-corrected chi connectivity index (χ4v) is 11.8. The number of aliphatic hydroxyl groups excluding tert-OH is 8. The number of rotatable bonds is 60. The number of hydrogen-bond donors (Lipinski definition) is 9. The molecule has 0 bridgehead atoms. The molecule has 0 aromatic rings. The minimum absolute atomic E-state index is 0.251. The maximum Gasteiger partial charge on any atom is 0.220 e. The van der Waals surface area contributed by atoms with Gasteiger partial charge in [0.15, 0.2) is 12.6 Å². The molecule has 514 valence electrons. The number of amides is 1. The summed E-state index contributed by atoms with van der Waals surface area (Å²) in [7, 11) is 0. The highest BCUT2D eigenvalue weighted by Gasteiger charge is 2.51. The second kappa shape index (κ2) is 58.5. The third-order valence-corrected chi connectivity index (χ3v) is 17.7. The number of unbranched alkanes of at least 4 members (excludes halogenated alkanes) is 39. The van der Waals surface area contributed by atoms with Gasteiger partial charge in [-0.1, -0.05) is 286 Å². The van der Waals surface area contributed by atoms with Gasteiger partial charge in [0.25, 0.3) is 0 Å². The molecule has 0 spiro atoms. The lowest BCUT2D eigenvalue weighted by molar-refractivity contribution is -0.359. The Bertz CT molecular complexity index is 1710. The summed E-state index contributed by atoms with van der Waals surface area (Å²) < 4.78 is 22.9. The van der Waals surface area contributed by atoms with Crippen molar-refractivity contribution in [1.82, 2.24) is 5.32 Å². The Morgan fingerprint density at radius 3 is 1.18 bits per heavy atom. The molecule has 88 heavy (non-hydrogen) atoms. The van der Waals surface area contributed by atoms with Crippen molar-refractivity contribution >= 4 is 5.91 Å². The molecule has 0 saturated carbocycles. The first kappa shape index (κ1) is 81.8. The number of allylic oxidation sites excluding steroid dienone is 9. The molecular formula is C74H135NO13. The summed E-state index contributed by atoms with van der Waals surface area (Å²) in [6.07, 6.45) is 61.4. The second-order valence-electron chi connectivity index (χ2n) is 25.7. The Morgan fingerprint density at radius 2 is 0.761 bits per heavy atom. The van der Waals surface area contributed by atoms with Crippen LogP contribution in [0, 0.1) is 0 Å². The zero-order valence-electron chi connectivity index (χ0n) is 56.0. The SMILES string of the molecule is CCCCCCC/C=C\C/C=C\CCCCCCCCCCCCCCCCCC(=O)NC(COC1OC(CO)C(OC2OC(CO)C(O)C(O)C2O)C(O)C1O)C(O)/C=C/CC/C=C/CC/C=C/CCCCCCCCCCCCCCCCCCC. The molecule has 2 aliphatic rings. The van der Waals surface area contributed by atoms with Gasteiger partial charge < -0.3 is 65.1 Å². The minimum atomic E-state index is -1.79. The van der Waals surface area contributed by atoms with Crippen LogP contribution >= 0.6 is 0 Å². The topological polar surface area (TPSA) is 228 Å². The van der Waals surface area contributed by atoms with E-state index in [9.17, 15) is 45.6 Å². The van der Waals surface area contributed by atoms with Gasteiger partial charge >= 0.3 is 0 Å². The third kappa shape index (κ3) is 42.0. The van der Waals surface area contributed by atoms with E-state index in [2.05, 4.69) is 67.8 Å². The molecule has 14 heteroatoms. The Morgan fingerprint density at radius 1 is 0.409 bits per heavy atom. The molecule has 9 N–H and O–H groups in total. The van der Waals surface area contributed by atoms with E-state index in [0.717, 1.165) is 51.4 Å². The zero-order valence-corrected chi connectivity index (χ0v) is 56.0. The average molecular weight is 1250 g/mol. The van der Waals surface area contributed by atoms with Crippen molar-refractivity contribution in [2.24, 2.45) is 0 Å². The Labute approximate surface area is 536 Å². The Hall–Kier alpha value is -2.31. The lowest BCUT2D eigenvalue weighted by Gasteiger charge is -2.46. The molecular weight excluding hydrogens is 1110 g/mol. The van der Waals surface area contributed by atoms with E-state index in [-0.39, 0.29) is 18.9 Å². The molecule has 2 saturated heterocycles. The van der Waals surface area contributed by atoms with Gasteiger partial charge in [-0.2, -0.15) is 0 Å². The molecule has 0 radical (unpaired) electrons. The van der Waals surface area contributed by atoms with Crippen LogP contribution < -0.4 is 5.32 Å². The smallest absolute Gasteiger partial charge is 0.220 e. The van der Waals surface area contributed by atoms with Crippen molar-refractivity contribution in [2.45, 2.75) is 383 Å². The molecule has 14 nitrogen and oxygen atoms in total. The van der Waals surface area contributed by atoms with Crippen molar-refractivity contribution in [3.05, 3.63) is 60.8 Å². The highest BCUT2D eigenvalue weighted by molar-refractivity contribution is 5.76. The van der Waals surface area contributed by atoms with Crippen molar-refractivity contribution in [1.29, 1.82) is 0 Å². The standard InChI is InChI=1S/C74H135NO13/c1-3-5-7-9-11-13-15-17-19-21-23-25-27-29-31-33-35-37-39-41-43-45-47-49-51-53-55-57-63(78)62(61-85-73-71(84)69(82)72(65(60-77)87-73)88-74-70(83)68(81)67(80)64(59-76)86-74)75-66(79)58-56-54-52-50-48-46-44-42-40-38-36-34-32-30-28-26-24-22-20-18-16-14-12-10-8-6-4-2/h16,18,22,24,39,41,47,49,55,57,62-65,67-74,76-78,80-84H,3-15,17,19-21,23,25-38,40,42-46,48,50-54,56,58-61H2,1-2H3,(H,75,79)/b18-16-,24-22-,41-39+,49-47+,57-55+. The normalized spacial score (nSPS) is 23.5. The number of ether oxygens (including phenoxy) is 4. The van der Waals surface area contributed by atoms with Gasteiger partial charge in [-0.25, -0.2) is 0 Å². The monoisotopic (exact) mass is 1250 g/mol. The number of aliphatic hydroxyl groups is 8. The molecule has 12 atom stereocenters. The van der Waals surface area contributed by atoms with Crippen LogP contribution in [0.15, 0.2) is 60.8 Å². The molecule has 2 rings (SSSR count). The first-order chi connectivity index (χ1) is 43.1. The highest BCUT2D eigenvalue weighted by atomic mass is 16.7. The summed E-state index contributed by atoms with van der Waals surface area (Å²) in [6, 6.07) is -0.941. The first-order valence-electron chi connectivity index (χ1n) is 36.5. The lowest BCUT2D eigenvalue weighted by Crippen LogP contribution is -2.65. The maximum absolute atomic E-state index is 13.3. The van der Waals surface area contributed by atoms with Crippen molar-refractivity contribution < 1.29 is 64.6 Å². The Kier molecular flexibility index (Phi) is 54.4. The molecule has 1 amide bonds. The van der Waals surface area contributed by atoms with Crippen LogP contribution in [0.4, 0.5) is 0 Å². The van der Waals surface area contributed by atoms with Crippen molar-refractivity contribution in [3.8, 4) is 0 Å². The summed E-state index contributed by atoms with van der Waals surface area (Å²) in [5, 5.41) is 87.5. The molecule has 2 heterocycles. The van der Waals surface area contributed by atoms with Gasteiger partial charge in [-0.15, -0.1) is 0 Å². The van der Waals surface area contributed by atoms with E-state index in [1.54, 1.807) is 6.08 Å². The largest absolute Gasteiger partial charge is 0.394 e. The van der Waals surface area contributed by atoms with Gasteiger partial charge in [-0.05, 0) is 77.0 Å². The number of nitrogens with one attached hydrogen (secondary N) is 1. The van der Waals surface area contributed by atoms with Crippen LogP contribution in [0.5, 0.6) is 0 Å². The summed E-state index contributed by atoms with van der Waals surface area (Å²) >= 11 is 0. The molecule has 2 fully saturated rings. The first-order valence-corrected chi connectivity index (χ1v) is 36.5. The van der Waals surface area contributed by atoms with Crippen LogP contribution in [0.25, 0.3) is 0 Å². The summed E-state index contributed by atoms with van der Waals surface area (Å²) in [6.45, 7) is 2.80. The van der Waals surface area contributed by atoms with Crippen LogP contribution in [0.2, 0.25) is 0 Å². The van der Waals surface area contributed by atoms with Crippen molar-refractivity contribution in [2.75, 3.05) is 19.8 Å². The molecule has 12 unspecified atom stereocenters. The van der Waals surface area contributed by atoms with Gasteiger partial charge in [-0.3, -0.25) is 4.79 Å². The predicted octanol–water partition coefficient (Wildman–Crippen LogP) is 15.2. The third-order valence-electron chi connectivity index (χ3n) is 17.7. The van der Waals surface area contributed by atoms with Crippen molar-refractivity contribution in [3.63, 3.8) is 0 Å². The van der Waals surface area contributed by atoms with Gasteiger partial charge in [0, 0.05) is 6.42 Å². The highest BCUT2D eigenvalue weighted by Crippen LogP contribution is 2.30. The van der Waals surface area contributed by atoms with E-state index in [4.69, 9.17) is 18.9 Å². The van der Waals surface area contributed by atoms with E-state index in [1.165, 1.54) is 225 Å². The molecule has 0 aliphatic carbocycles. The fourth-order valence-electron chi connectivity index (χ4n) is 11.8. The predicted molar refractivity (Wildman–Crippen MR) is 360 cm³/mol. The van der Waals surface area contributed by atoms with E-state index in [0.29, 0.717) is 12.8 Å². The minimum Gasteiger partial charge on any atom is -0.394 e. The summed E-state index contributed by atoms with van der Waals surface area (Å²) in [4.78, 5) is 13.3. The number of carbonyl (C=O) groups is 1. The Balaban J connectivity index is 1.69. The van der Waals surface area contributed by atoms with E-state index >= 15 is 0 Å². The van der Waals surface area contributed by atoms with Gasteiger partial charge in [0.05, 0.1) is 32.0 Å². The van der Waals surface area contributed by atoms with Gasteiger partial charge in [0.1, 0.15) is 48.8 Å². The van der Waals surface area contributed by atoms with Crippen LogP contribution in [0.3, 0.4) is 0 Å².